The van der Waals surface area contributed by atoms with E-state index in [0.717, 1.165) is 5.56 Å². The molecule has 38 heavy (non-hydrogen) atoms. The second-order valence-electron chi connectivity index (χ2n) is 8.75. The van der Waals surface area contributed by atoms with Gasteiger partial charge in [-0.25, -0.2) is 0 Å². The molecule has 1 N–H and O–H groups in total. The van der Waals surface area contributed by atoms with Crippen molar-refractivity contribution in [3.8, 4) is 17.2 Å². The van der Waals surface area contributed by atoms with Gasteiger partial charge < -0.3 is 29.0 Å². The average Bonchev–Trinajstić information content (AvgIpc) is 3.21. The minimum atomic E-state index is -0.846. The monoisotopic (exact) mass is 517 g/mol. The number of rotatable bonds is 11. The van der Waals surface area contributed by atoms with Crippen LogP contribution in [0.4, 0.5) is 0 Å². The van der Waals surface area contributed by atoms with E-state index in [1.165, 1.54) is 12.0 Å². The largest absolute Gasteiger partial charge is 0.507 e. The van der Waals surface area contributed by atoms with E-state index in [1.54, 1.807) is 56.7 Å². The molecule has 8 nitrogen and oxygen atoms in total. The van der Waals surface area contributed by atoms with Crippen LogP contribution in [0, 0.1) is 0 Å². The van der Waals surface area contributed by atoms with Crippen molar-refractivity contribution < 1.29 is 33.6 Å². The fourth-order valence-corrected chi connectivity index (χ4v) is 4.46. The van der Waals surface area contributed by atoms with Gasteiger partial charge in [-0.3, -0.25) is 9.59 Å². The van der Waals surface area contributed by atoms with Crippen LogP contribution in [0.5, 0.6) is 17.2 Å². The molecule has 3 aromatic carbocycles. The predicted molar refractivity (Wildman–Crippen MR) is 142 cm³/mol. The predicted octanol–water partition coefficient (Wildman–Crippen LogP) is 4.74. The van der Waals surface area contributed by atoms with Gasteiger partial charge in [-0.05, 0) is 48.4 Å². The minimum absolute atomic E-state index is 0.00571. The summed E-state index contributed by atoms with van der Waals surface area (Å²) in [6.45, 7) is 1.08. The molecular weight excluding hydrogens is 486 g/mol. The average molecular weight is 518 g/mol. The molecule has 8 heteroatoms. The van der Waals surface area contributed by atoms with Gasteiger partial charge in [0.25, 0.3) is 11.7 Å². The van der Waals surface area contributed by atoms with Crippen molar-refractivity contribution in [3.63, 3.8) is 0 Å². The van der Waals surface area contributed by atoms with Gasteiger partial charge in [0.2, 0.25) is 0 Å². The van der Waals surface area contributed by atoms with Crippen molar-refractivity contribution in [2.24, 2.45) is 0 Å². The molecule has 3 aromatic rings. The number of ether oxygens (including phenoxy) is 4. The molecule has 1 saturated heterocycles. The second-order valence-corrected chi connectivity index (χ2v) is 8.75. The lowest BCUT2D eigenvalue weighted by molar-refractivity contribution is -0.140. The zero-order valence-electron chi connectivity index (χ0n) is 21.7. The summed E-state index contributed by atoms with van der Waals surface area (Å²) < 4.78 is 21.9. The highest BCUT2D eigenvalue weighted by atomic mass is 16.5. The normalized spacial score (nSPS) is 16.5. The van der Waals surface area contributed by atoms with E-state index in [9.17, 15) is 14.7 Å². The van der Waals surface area contributed by atoms with E-state index in [2.05, 4.69) is 0 Å². The molecule has 0 aliphatic carbocycles. The Labute approximate surface area is 222 Å². The topological polar surface area (TPSA) is 94.5 Å². The van der Waals surface area contributed by atoms with Gasteiger partial charge in [0.15, 0.2) is 0 Å². The quantitative estimate of drug-likeness (QED) is 0.170. The number of methoxy groups -OCH3 is 3. The highest BCUT2D eigenvalue weighted by molar-refractivity contribution is 6.46. The Morgan fingerprint density at radius 3 is 2.26 bits per heavy atom. The number of aliphatic hydroxyl groups excluding tert-OH is 1. The first-order valence-corrected chi connectivity index (χ1v) is 12.2. The molecular formula is C30H31NO7. The van der Waals surface area contributed by atoms with Gasteiger partial charge in [-0.1, -0.05) is 30.3 Å². The highest BCUT2D eigenvalue weighted by Gasteiger charge is 2.46. The zero-order valence-corrected chi connectivity index (χ0v) is 21.7. The maximum absolute atomic E-state index is 13.3. The maximum Gasteiger partial charge on any atom is 0.295 e. The first-order valence-electron chi connectivity index (χ1n) is 12.2. The summed E-state index contributed by atoms with van der Waals surface area (Å²) >= 11 is 0. The lowest BCUT2D eigenvalue weighted by Crippen LogP contribution is -2.31. The molecule has 1 unspecified atom stereocenters. The van der Waals surface area contributed by atoms with E-state index >= 15 is 0 Å². The van der Waals surface area contributed by atoms with Crippen molar-refractivity contribution in [1.29, 1.82) is 0 Å². The minimum Gasteiger partial charge on any atom is -0.507 e. The Kier molecular flexibility index (Phi) is 8.66. The lowest BCUT2D eigenvalue weighted by Gasteiger charge is -2.26. The van der Waals surface area contributed by atoms with Gasteiger partial charge in [-0.2, -0.15) is 0 Å². The Morgan fingerprint density at radius 1 is 0.895 bits per heavy atom. The number of hydrogen-bond donors (Lipinski definition) is 1. The summed E-state index contributed by atoms with van der Waals surface area (Å²) in [6, 6.07) is 20.8. The van der Waals surface area contributed by atoms with Crippen LogP contribution < -0.4 is 14.2 Å². The molecule has 1 amide bonds. The number of benzene rings is 3. The fourth-order valence-electron chi connectivity index (χ4n) is 4.46. The maximum atomic E-state index is 13.3. The molecule has 1 aliphatic heterocycles. The molecule has 0 radical (unpaired) electrons. The van der Waals surface area contributed by atoms with Gasteiger partial charge >= 0.3 is 0 Å². The van der Waals surface area contributed by atoms with Crippen LogP contribution in [0.1, 0.15) is 29.2 Å². The third-order valence-corrected chi connectivity index (χ3v) is 6.40. The third kappa shape index (κ3) is 5.65. The van der Waals surface area contributed by atoms with E-state index in [1.807, 2.05) is 30.3 Å². The second kappa shape index (κ2) is 12.3. The first kappa shape index (κ1) is 26.8. The number of carbonyl (C=O) groups is 2. The molecule has 4 rings (SSSR count). The molecule has 1 atom stereocenters. The number of hydrogen-bond acceptors (Lipinski definition) is 7. The number of Topliss-reactive ketones (excluding diaryl/α,β-unsaturated/α-hetero) is 1. The summed E-state index contributed by atoms with van der Waals surface area (Å²) in [5.41, 5.74) is 1.98. The number of likely N-dealkylation sites (tertiary alicyclic amines) is 1. The Bertz CT molecular complexity index is 1300. The van der Waals surface area contributed by atoms with Crippen LogP contribution in [0.2, 0.25) is 0 Å². The molecule has 0 bridgehead atoms. The smallest absolute Gasteiger partial charge is 0.295 e. The van der Waals surface area contributed by atoms with Crippen LogP contribution >= 0.6 is 0 Å². The summed E-state index contributed by atoms with van der Waals surface area (Å²) in [7, 11) is 4.62. The van der Waals surface area contributed by atoms with Gasteiger partial charge in [0, 0.05) is 37.5 Å². The fraction of sp³-hybridized carbons (Fsp3) is 0.267. The van der Waals surface area contributed by atoms with Crippen molar-refractivity contribution in [2.75, 3.05) is 34.5 Å². The van der Waals surface area contributed by atoms with Crippen LogP contribution in [0.25, 0.3) is 5.76 Å². The number of amides is 1. The van der Waals surface area contributed by atoms with E-state index in [-0.39, 0.29) is 17.9 Å². The van der Waals surface area contributed by atoms with Gasteiger partial charge in [-0.15, -0.1) is 0 Å². The van der Waals surface area contributed by atoms with Gasteiger partial charge in [0.1, 0.15) is 29.6 Å². The van der Waals surface area contributed by atoms with Crippen LogP contribution in [-0.2, 0) is 20.9 Å². The molecule has 1 fully saturated rings. The van der Waals surface area contributed by atoms with Crippen LogP contribution in [0.3, 0.4) is 0 Å². The molecule has 1 heterocycles. The summed E-state index contributed by atoms with van der Waals surface area (Å²) in [5.74, 6) is -0.106. The van der Waals surface area contributed by atoms with Crippen molar-refractivity contribution >= 4 is 17.4 Å². The van der Waals surface area contributed by atoms with Gasteiger partial charge in [0.05, 0.1) is 25.8 Å². The first-order chi connectivity index (χ1) is 18.5. The van der Waals surface area contributed by atoms with Crippen molar-refractivity contribution in [3.05, 3.63) is 95.1 Å². The Morgan fingerprint density at radius 2 is 1.61 bits per heavy atom. The summed E-state index contributed by atoms with van der Waals surface area (Å²) in [6.07, 6.45) is 0.520. The van der Waals surface area contributed by atoms with Crippen molar-refractivity contribution in [1.82, 2.24) is 4.90 Å². The number of nitrogens with zero attached hydrogens (tertiary/aromatic N) is 1. The molecule has 0 saturated carbocycles. The Balaban J connectivity index is 1.70. The number of ketones is 1. The van der Waals surface area contributed by atoms with Crippen LogP contribution in [-0.4, -0.2) is 56.2 Å². The van der Waals surface area contributed by atoms with E-state index in [4.69, 9.17) is 18.9 Å². The summed E-state index contributed by atoms with van der Waals surface area (Å²) in [4.78, 5) is 27.8. The van der Waals surface area contributed by atoms with Crippen molar-refractivity contribution in [2.45, 2.75) is 19.1 Å². The number of carbonyl (C=O) groups excluding carboxylic acids is 2. The third-order valence-electron chi connectivity index (χ3n) is 6.40. The summed E-state index contributed by atoms with van der Waals surface area (Å²) in [5, 5.41) is 11.3. The standard InChI is InChI=1S/C30H31NO7/c1-35-17-7-16-31-27(24-15-14-23(36-2)18-25(24)37-3)26(29(33)30(31)34)28(32)21-10-12-22(13-11-21)38-19-20-8-5-4-6-9-20/h4-6,8-15,18,27,32H,7,16-17,19H2,1-3H3/b28-26+. The van der Waals surface area contributed by atoms with Crippen LogP contribution in [0.15, 0.2) is 78.4 Å². The van der Waals surface area contributed by atoms with E-state index < -0.39 is 17.7 Å². The lowest BCUT2D eigenvalue weighted by atomic mass is 9.94. The van der Waals surface area contributed by atoms with E-state index in [0.29, 0.717) is 48.0 Å². The molecule has 198 valence electrons. The SMILES string of the molecule is COCCCN1C(=O)C(=O)/C(=C(/O)c2ccc(OCc3ccccc3)cc2)C1c1ccc(OC)cc1OC. The molecule has 0 spiro atoms. The molecule has 1 aliphatic rings. The zero-order chi connectivity index (χ0) is 27.1. The molecule has 0 aromatic heterocycles. The Hall–Kier alpha value is -4.30. The highest BCUT2D eigenvalue weighted by Crippen LogP contribution is 2.43. The number of aliphatic hydroxyl groups is 1.